The summed E-state index contributed by atoms with van der Waals surface area (Å²) in [5, 5.41) is 0. The molecule has 0 aliphatic heterocycles. The number of halogens is 2. The Morgan fingerprint density at radius 1 is 1.08 bits per heavy atom. The van der Waals surface area contributed by atoms with Crippen molar-refractivity contribution in [3.8, 4) is 0 Å². The van der Waals surface area contributed by atoms with Gasteiger partial charge in [-0.3, -0.25) is 0 Å². The number of benzene rings is 1. The normalized spacial score (nSPS) is 10.8. The molecule has 0 saturated heterocycles. The second-order valence-corrected chi connectivity index (χ2v) is 4.15. The van der Waals surface area contributed by atoms with Crippen LogP contribution in [0, 0.1) is 0 Å². The maximum atomic E-state index is 5.16. The van der Waals surface area contributed by atoms with Crippen LogP contribution >= 0.6 is 31.9 Å². The minimum absolute atomic E-state index is 0.343. The summed E-state index contributed by atoms with van der Waals surface area (Å²) in [7, 11) is 3.22. The molecule has 0 saturated carbocycles. The zero-order chi connectivity index (χ0) is 9.84. The lowest BCUT2D eigenvalue weighted by Crippen LogP contribution is -2.05. The van der Waals surface area contributed by atoms with E-state index in [9.17, 15) is 0 Å². The minimum atomic E-state index is -0.343. The van der Waals surface area contributed by atoms with Crippen molar-refractivity contribution in [2.75, 3.05) is 14.2 Å². The highest BCUT2D eigenvalue weighted by Gasteiger charge is 2.15. The summed E-state index contributed by atoms with van der Waals surface area (Å²) in [6.07, 6.45) is -0.343. The molecule has 13 heavy (non-hydrogen) atoms. The molecule has 0 fully saturated rings. The standard InChI is InChI=1S/C9H10Br2O2/c1-12-9(13-2)8-6(10)4-3-5-7(8)11/h3-5,9H,1-2H3. The van der Waals surface area contributed by atoms with Crippen LogP contribution in [0.15, 0.2) is 27.1 Å². The van der Waals surface area contributed by atoms with Crippen LogP contribution in [0.25, 0.3) is 0 Å². The third kappa shape index (κ3) is 2.53. The summed E-state index contributed by atoms with van der Waals surface area (Å²) in [5.41, 5.74) is 0.965. The Morgan fingerprint density at radius 3 is 1.92 bits per heavy atom. The molecule has 0 aliphatic carbocycles. The van der Waals surface area contributed by atoms with Gasteiger partial charge < -0.3 is 9.47 Å². The first-order valence-electron chi connectivity index (χ1n) is 3.70. The average Bonchev–Trinajstić information content (AvgIpc) is 2.11. The van der Waals surface area contributed by atoms with E-state index in [4.69, 9.17) is 9.47 Å². The highest BCUT2D eigenvalue weighted by Crippen LogP contribution is 2.32. The van der Waals surface area contributed by atoms with Gasteiger partial charge >= 0.3 is 0 Å². The van der Waals surface area contributed by atoms with E-state index in [1.807, 2.05) is 18.2 Å². The summed E-state index contributed by atoms with van der Waals surface area (Å²) < 4.78 is 12.3. The molecule has 0 aromatic heterocycles. The maximum Gasteiger partial charge on any atom is 0.185 e. The van der Waals surface area contributed by atoms with Crippen LogP contribution in [0.3, 0.4) is 0 Å². The zero-order valence-electron chi connectivity index (χ0n) is 7.38. The van der Waals surface area contributed by atoms with E-state index in [0.29, 0.717) is 0 Å². The Kier molecular flexibility index (Phi) is 4.38. The van der Waals surface area contributed by atoms with Gasteiger partial charge in [-0.15, -0.1) is 0 Å². The van der Waals surface area contributed by atoms with E-state index in [1.54, 1.807) is 14.2 Å². The number of rotatable bonds is 3. The first kappa shape index (κ1) is 11.2. The zero-order valence-corrected chi connectivity index (χ0v) is 10.6. The Hall–Kier alpha value is 0.1000. The van der Waals surface area contributed by atoms with E-state index in [2.05, 4.69) is 31.9 Å². The lowest BCUT2D eigenvalue weighted by atomic mass is 10.2. The van der Waals surface area contributed by atoms with Crippen LogP contribution in [0.1, 0.15) is 11.9 Å². The van der Waals surface area contributed by atoms with Gasteiger partial charge in [-0.1, -0.05) is 37.9 Å². The second kappa shape index (κ2) is 5.10. The fraction of sp³-hybridized carbons (Fsp3) is 0.333. The van der Waals surface area contributed by atoms with Gasteiger partial charge in [-0.05, 0) is 12.1 Å². The highest BCUT2D eigenvalue weighted by molar-refractivity contribution is 9.11. The summed E-state index contributed by atoms with van der Waals surface area (Å²) in [4.78, 5) is 0. The number of ether oxygens (including phenoxy) is 2. The van der Waals surface area contributed by atoms with Crippen molar-refractivity contribution in [2.45, 2.75) is 6.29 Å². The van der Waals surface area contributed by atoms with Crippen molar-refractivity contribution in [1.29, 1.82) is 0 Å². The largest absolute Gasteiger partial charge is 0.352 e. The van der Waals surface area contributed by atoms with Crippen molar-refractivity contribution in [1.82, 2.24) is 0 Å². The van der Waals surface area contributed by atoms with Gasteiger partial charge in [0.2, 0.25) is 0 Å². The predicted octanol–water partition coefficient (Wildman–Crippen LogP) is 3.50. The van der Waals surface area contributed by atoms with Gasteiger partial charge in [-0.25, -0.2) is 0 Å². The van der Waals surface area contributed by atoms with Crippen molar-refractivity contribution in [3.05, 3.63) is 32.7 Å². The van der Waals surface area contributed by atoms with Crippen LogP contribution in [-0.2, 0) is 9.47 Å². The summed E-state index contributed by atoms with van der Waals surface area (Å²) in [6, 6.07) is 5.84. The van der Waals surface area contributed by atoms with Gasteiger partial charge in [0.25, 0.3) is 0 Å². The van der Waals surface area contributed by atoms with Crippen molar-refractivity contribution >= 4 is 31.9 Å². The SMILES string of the molecule is COC(OC)c1c(Br)cccc1Br. The molecule has 72 valence electrons. The van der Waals surface area contributed by atoms with Gasteiger partial charge in [-0.2, -0.15) is 0 Å². The van der Waals surface area contributed by atoms with Gasteiger partial charge in [0.1, 0.15) is 0 Å². The predicted molar refractivity (Wildman–Crippen MR) is 58.6 cm³/mol. The molecule has 1 rings (SSSR count). The van der Waals surface area contributed by atoms with Crippen molar-refractivity contribution < 1.29 is 9.47 Å². The topological polar surface area (TPSA) is 18.5 Å². The third-order valence-electron chi connectivity index (χ3n) is 1.66. The Bertz CT molecular complexity index is 265. The first-order valence-corrected chi connectivity index (χ1v) is 5.28. The molecule has 0 unspecified atom stereocenters. The summed E-state index contributed by atoms with van der Waals surface area (Å²) in [5.74, 6) is 0. The monoisotopic (exact) mass is 308 g/mol. The Morgan fingerprint density at radius 2 is 1.54 bits per heavy atom. The molecule has 0 radical (unpaired) electrons. The lowest BCUT2D eigenvalue weighted by molar-refractivity contribution is -0.106. The van der Waals surface area contributed by atoms with Crippen LogP contribution in [0.5, 0.6) is 0 Å². The van der Waals surface area contributed by atoms with Gasteiger partial charge in [0.05, 0.1) is 0 Å². The van der Waals surface area contributed by atoms with E-state index >= 15 is 0 Å². The fourth-order valence-electron chi connectivity index (χ4n) is 1.07. The van der Waals surface area contributed by atoms with Crippen LogP contribution in [-0.4, -0.2) is 14.2 Å². The van der Waals surface area contributed by atoms with Crippen molar-refractivity contribution in [2.24, 2.45) is 0 Å². The number of methoxy groups -OCH3 is 2. The smallest absolute Gasteiger partial charge is 0.185 e. The molecule has 4 heteroatoms. The van der Waals surface area contributed by atoms with E-state index in [-0.39, 0.29) is 6.29 Å². The lowest BCUT2D eigenvalue weighted by Gasteiger charge is -2.16. The molecule has 0 bridgehead atoms. The summed E-state index contributed by atoms with van der Waals surface area (Å²) in [6.45, 7) is 0. The average molecular weight is 310 g/mol. The van der Waals surface area contributed by atoms with Crippen LogP contribution in [0.2, 0.25) is 0 Å². The van der Waals surface area contributed by atoms with E-state index in [0.717, 1.165) is 14.5 Å². The summed E-state index contributed by atoms with van der Waals surface area (Å²) >= 11 is 6.88. The molecule has 2 nitrogen and oxygen atoms in total. The molecule has 0 aliphatic rings. The molecule has 0 N–H and O–H groups in total. The third-order valence-corrected chi connectivity index (χ3v) is 3.05. The highest BCUT2D eigenvalue weighted by atomic mass is 79.9. The molecule has 0 atom stereocenters. The molecular formula is C9H10Br2O2. The number of hydrogen-bond acceptors (Lipinski definition) is 2. The molecule has 0 amide bonds. The van der Waals surface area contributed by atoms with E-state index in [1.165, 1.54) is 0 Å². The molecule has 0 spiro atoms. The van der Waals surface area contributed by atoms with Gasteiger partial charge in [0, 0.05) is 28.7 Å². The Balaban J connectivity index is 3.10. The van der Waals surface area contributed by atoms with Crippen LogP contribution < -0.4 is 0 Å². The first-order chi connectivity index (χ1) is 6.20. The minimum Gasteiger partial charge on any atom is -0.352 e. The fourth-order valence-corrected chi connectivity index (χ4v) is 2.44. The van der Waals surface area contributed by atoms with Crippen LogP contribution in [0.4, 0.5) is 0 Å². The van der Waals surface area contributed by atoms with Crippen molar-refractivity contribution in [3.63, 3.8) is 0 Å². The molecule has 1 aromatic carbocycles. The molecular weight excluding hydrogens is 300 g/mol. The second-order valence-electron chi connectivity index (χ2n) is 2.44. The Labute approximate surface area is 94.5 Å². The molecule has 0 heterocycles. The quantitative estimate of drug-likeness (QED) is 0.796. The maximum absolute atomic E-state index is 5.16. The van der Waals surface area contributed by atoms with Gasteiger partial charge in [0.15, 0.2) is 6.29 Å². The number of hydrogen-bond donors (Lipinski definition) is 0. The van der Waals surface area contributed by atoms with E-state index < -0.39 is 0 Å². The molecule has 1 aromatic rings.